The number of nitrogens with one attached hydrogen (secondary N) is 2. The molecule has 6 rings (SSSR count). The highest BCUT2D eigenvalue weighted by Crippen LogP contribution is 2.45. The molecule has 2 unspecified atom stereocenters. The van der Waals surface area contributed by atoms with E-state index in [1.54, 1.807) is 0 Å². The van der Waals surface area contributed by atoms with E-state index in [4.69, 9.17) is 4.98 Å². The third-order valence-corrected chi connectivity index (χ3v) is 7.04. The van der Waals surface area contributed by atoms with Crippen molar-refractivity contribution < 1.29 is 0 Å². The smallest absolute Gasteiger partial charge is 0.165 e. The minimum absolute atomic E-state index is 0.114. The van der Waals surface area contributed by atoms with E-state index in [-0.39, 0.29) is 5.41 Å². The van der Waals surface area contributed by atoms with Gasteiger partial charge in [-0.3, -0.25) is 4.68 Å². The largest absolute Gasteiger partial charge is 0.331 e. The summed E-state index contributed by atoms with van der Waals surface area (Å²) < 4.78 is 8.10. The van der Waals surface area contributed by atoms with Gasteiger partial charge in [-0.05, 0) is 43.8 Å². The van der Waals surface area contributed by atoms with Crippen molar-refractivity contribution in [1.82, 2.24) is 34.1 Å². The third-order valence-electron chi connectivity index (χ3n) is 6.25. The van der Waals surface area contributed by atoms with E-state index in [0.717, 1.165) is 51.9 Å². The number of anilines is 2. The first-order chi connectivity index (χ1) is 14.1. The number of aryl methyl sites for hydroxylation is 2. The number of nitrogens with zero attached hydrogens (tertiary/aromatic N) is 6. The van der Waals surface area contributed by atoms with Crippen LogP contribution in [0.25, 0.3) is 16.8 Å². The normalized spacial score (nSPS) is 23.3. The van der Waals surface area contributed by atoms with Gasteiger partial charge in [-0.15, -0.1) is 0 Å². The molecule has 2 atom stereocenters. The molecule has 1 saturated carbocycles. The Morgan fingerprint density at radius 2 is 2.21 bits per heavy atom. The summed E-state index contributed by atoms with van der Waals surface area (Å²) in [7, 11) is 1.93. The van der Waals surface area contributed by atoms with Crippen LogP contribution in [0.3, 0.4) is 0 Å². The molecule has 2 fully saturated rings. The number of hydrogen-bond acceptors (Lipinski definition) is 7. The molecule has 0 aromatic carbocycles. The SMILES string of the molecule is Cc1cc(Nc2cc(C34CCC(C3)NC4)nc3c(-c4cnn(C)c4)cnn23)sn1. The van der Waals surface area contributed by atoms with Gasteiger partial charge in [0.1, 0.15) is 10.8 Å². The predicted octanol–water partition coefficient (Wildman–Crippen LogP) is 3.03. The fraction of sp³-hybridized carbons (Fsp3) is 0.400. The molecule has 2 bridgehead atoms. The van der Waals surface area contributed by atoms with Crippen LogP contribution < -0.4 is 10.6 Å². The average Bonchev–Trinajstić information content (AvgIpc) is 3.51. The average molecular weight is 407 g/mol. The zero-order chi connectivity index (χ0) is 19.6. The summed E-state index contributed by atoms with van der Waals surface area (Å²) in [4.78, 5) is 5.15. The predicted molar refractivity (Wildman–Crippen MR) is 113 cm³/mol. The van der Waals surface area contributed by atoms with Crippen LogP contribution in [0.1, 0.15) is 30.7 Å². The summed E-state index contributed by atoms with van der Waals surface area (Å²) in [6.07, 6.45) is 9.32. The summed E-state index contributed by atoms with van der Waals surface area (Å²) in [6, 6.07) is 4.86. The molecule has 148 valence electrons. The first-order valence-electron chi connectivity index (χ1n) is 9.92. The molecule has 1 aliphatic carbocycles. The number of fused-ring (bicyclic) bond motifs is 3. The Bertz CT molecular complexity index is 1210. The Kier molecular flexibility index (Phi) is 3.60. The fourth-order valence-electron chi connectivity index (χ4n) is 4.76. The molecule has 0 amide bonds. The van der Waals surface area contributed by atoms with Crippen molar-refractivity contribution in [2.75, 3.05) is 11.9 Å². The van der Waals surface area contributed by atoms with Crippen molar-refractivity contribution in [1.29, 1.82) is 0 Å². The Morgan fingerprint density at radius 3 is 2.86 bits per heavy atom. The third kappa shape index (κ3) is 2.68. The van der Waals surface area contributed by atoms with Gasteiger partial charge in [-0.1, -0.05) is 0 Å². The molecule has 5 heterocycles. The van der Waals surface area contributed by atoms with Gasteiger partial charge in [-0.25, -0.2) is 4.98 Å². The number of piperidine rings is 1. The van der Waals surface area contributed by atoms with Crippen LogP contribution in [-0.2, 0) is 12.5 Å². The zero-order valence-electron chi connectivity index (χ0n) is 16.4. The topological polar surface area (TPSA) is 85.0 Å². The van der Waals surface area contributed by atoms with E-state index < -0.39 is 0 Å². The summed E-state index contributed by atoms with van der Waals surface area (Å²) in [6.45, 7) is 3.00. The Labute approximate surface area is 172 Å². The fourth-order valence-corrected chi connectivity index (χ4v) is 5.43. The van der Waals surface area contributed by atoms with Crippen LogP contribution in [0, 0.1) is 6.92 Å². The van der Waals surface area contributed by atoms with Crippen LogP contribution in [0.4, 0.5) is 10.8 Å². The summed E-state index contributed by atoms with van der Waals surface area (Å²) in [5.74, 6) is 0.925. The second-order valence-electron chi connectivity index (χ2n) is 8.28. The van der Waals surface area contributed by atoms with Gasteiger partial charge in [0.25, 0.3) is 0 Å². The van der Waals surface area contributed by atoms with Crippen molar-refractivity contribution >= 4 is 28.0 Å². The Hall–Kier alpha value is -2.78. The Morgan fingerprint density at radius 1 is 1.28 bits per heavy atom. The second-order valence-corrected chi connectivity index (χ2v) is 9.09. The molecule has 2 aliphatic rings. The minimum Gasteiger partial charge on any atom is -0.331 e. The van der Waals surface area contributed by atoms with E-state index >= 15 is 0 Å². The molecule has 0 radical (unpaired) electrons. The van der Waals surface area contributed by atoms with Crippen LogP contribution in [0.15, 0.2) is 30.7 Å². The highest BCUT2D eigenvalue weighted by molar-refractivity contribution is 7.10. The molecule has 8 nitrogen and oxygen atoms in total. The van der Waals surface area contributed by atoms with Crippen molar-refractivity contribution in [3.8, 4) is 11.1 Å². The van der Waals surface area contributed by atoms with E-state index in [2.05, 4.69) is 37.3 Å². The molecule has 4 aromatic rings. The second kappa shape index (κ2) is 6.11. The first kappa shape index (κ1) is 17.1. The lowest BCUT2D eigenvalue weighted by Crippen LogP contribution is -2.33. The lowest BCUT2D eigenvalue weighted by molar-refractivity contribution is 0.429. The molecule has 0 spiro atoms. The van der Waals surface area contributed by atoms with E-state index in [0.29, 0.717) is 6.04 Å². The van der Waals surface area contributed by atoms with Crippen molar-refractivity contribution in [3.05, 3.63) is 42.1 Å². The van der Waals surface area contributed by atoms with Gasteiger partial charge >= 0.3 is 0 Å². The zero-order valence-corrected chi connectivity index (χ0v) is 17.2. The monoisotopic (exact) mass is 406 g/mol. The number of aromatic nitrogens is 6. The molecular weight excluding hydrogens is 384 g/mol. The maximum Gasteiger partial charge on any atom is 0.165 e. The first-order valence-corrected chi connectivity index (χ1v) is 10.7. The molecule has 1 aliphatic heterocycles. The van der Waals surface area contributed by atoms with Gasteiger partial charge in [0.05, 0.1) is 23.8 Å². The van der Waals surface area contributed by atoms with Crippen LogP contribution >= 0.6 is 11.5 Å². The maximum absolute atomic E-state index is 5.15. The van der Waals surface area contributed by atoms with Gasteiger partial charge in [0, 0.05) is 48.4 Å². The molecule has 1 saturated heterocycles. The van der Waals surface area contributed by atoms with Gasteiger partial charge in [-0.2, -0.15) is 19.1 Å². The van der Waals surface area contributed by atoms with E-state index in [9.17, 15) is 0 Å². The quantitative estimate of drug-likeness (QED) is 0.542. The minimum atomic E-state index is 0.114. The van der Waals surface area contributed by atoms with Crippen LogP contribution in [0.5, 0.6) is 0 Å². The summed E-state index contributed by atoms with van der Waals surface area (Å²) >= 11 is 1.46. The van der Waals surface area contributed by atoms with Crippen molar-refractivity contribution in [2.45, 2.75) is 37.6 Å². The van der Waals surface area contributed by atoms with Crippen molar-refractivity contribution in [2.24, 2.45) is 7.05 Å². The van der Waals surface area contributed by atoms with E-state index in [1.807, 2.05) is 41.8 Å². The lowest BCUT2D eigenvalue weighted by Gasteiger charge is -2.26. The maximum atomic E-state index is 5.15. The molecule has 2 N–H and O–H groups in total. The molecule has 29 heavy (non-hydrogen) atoms. The van der Waals surface area contributed by atoms with Crippen LogP contribution in [0.2, 0.25) is 0 Å². The number of rotatable bonds is 4. The van der Waals surface area contributed by atoms with Gasteiger partial charge < -0.3 is 10.6 Å². The standard InChI is InChI=1S/C20H22N8S/c1-12-5-18(29-26-12)25-17-6-16(20-4-3-14(7-20)21-11-20)24-19-15(9-23-28(17)19)13-8-22-27(2)10-13/h5-6,8-10,14,21,25H,3-4,7,11H2,1-2H3. The number of hydrogen-bond donors (Lipinski definition) is 2. The summed E-state index contributed by atoms with van der Waals surface area (Å²) in [5.41, 5.74) is 5.16. The Balaban J connectivity index is 1.54. The van der Waals surface area contributed by atoms with Crippen molar-refractivity contribution in [3.63, 3.8) is 0 Å². The summed E-state index contributed by atoms with van der Waals surface area (Å²) in [5, 5.41) is 17.2. The highest BCUT2D eigenvalue weighted by atomic mass is 32.1. The van der Waals surface area contributed by atoms with Gasteiger partial charge in [0.15, 0.2) is 5.65 Å². The molecular formula is C20H22N8S. The van der Waals surface area contributed by atoms with Gasteiger partial charge in [0.2, 0.25) is 0 Å². The lowest BCUT2D eigenvalue weighted by atomic mass is 9.83. The molecule has 9 heteroatoms. The highest BCUT2D eigenvalue weighted by Gasteiger charge is 2.47. The van der Waals surface area contributed by atoms with E-state index in [1.165, 1.54) is 24.4 Å². The van der Waals surface area contributed by atoms with Crippen LogP contribution in [-0.4, -0.2) is 41.3 Å². The molecule has 4 aromatic heterocycles.